The van der Waals surface area contributed by atoms with Crippen molar-refractivity contribution in [3.63, 3.8) is 0 Å². The first-order valence-electron chi connectivity index (χ1n) is 5.75. The van der Waals surface area contributed by atoms with Gasteiger partial charge in [-0.05, 0) is 56.4 Å². The van der Waals surface area contributed by atoms with E-state index in [2.05, 4.69) is 0 Å². The van der Waals surface area contributed by atoms with Gasteiger partial charge in [0.2, 0.25) is 0 Å². The van der Waals surface area contributed by atoms with Crippen molar-refractivity contribution in [2.24, 2.45) is 0 Å². The summed E-state index contributed by atoms with van der Waals surface area (Å²) in [7, 11) is -0.830. The van der Waals surface area contributed by atoms with Crippen LogP contribution in [0.3, 0.4) is 0 Å². The summed E-state index contributed by atoms with van der Waals surface area (Å²) in [5, 5.41) is 0.521. The minimum Gasteiger partial charge on any atom is -0.399 e. The minimum absolute atomic E-state index is 0.203. The number of halogens is 4. The standard InChI is InChI=1S/C12H13BCl2FIO2/c1-11(2)12(3,4)19-13(18-11)8-7(16)5-6(14)10(17)9(8)15/h5H,1-4H3. The predicted molar refractivity (Wildman–Crippen MR) is 84.9 cm³/mol. The molecule has 0 unspecified atom stereocenters. The summed E-state index contributed by atoms with van der Waals surface area (Å²) >= 11 is 14.0. The van der Waals surface area contributed by atoms with E-state index in [9.17, 15) is 4.39 Å². The van der Waals surface area contributed by atoms with Crippen LogP contribution in [0.2, 0.25) is 10.0 Å². The van der Waals surface area contributed by atoms with Crippen molar-refractivity contribution in [1.82, 2.24) is 0 Å². The van der Waals surface area contributed by atoms with Gasteiger partial charge in [-0.3, -0.25) is 0 Å². The van der Waals surface area contributed by atoms with Crippen LogP contribution < -0.4 is 5.46 Å². The van der Waals surface area contributed by atoms with Crippen LogP contribution in [0.25, 0.3) is 0 Å². The lowest BCUT2D eigenvalue weighted by molar-refractivity contribution is 0.00578. The Labute approximate surface area is 136 Å². The van der Waals surface area contributed by atoms with Crippen LogP contribution >= 0.6 is 45.8 Å². The predicted octanol–water partition coefficient (Wildman–Crippen LogP) is 4.04. The lowest BCUT2D eigenvalue weighted by Gasteiger charge is -2.32. The smallest absolute Gasteiger partial charge is 0.399 e. The Morgan fingerprint density at radius 2 is 1.63 bits per heavy atom. The molecule has 2 nitrogen and oxygen atoms in total. The van der Waals surface area contributed by atoms with Gasteiger partial charge in [0.15, 0.2) is 0 Å². The Hall–Kier alpha value is 0.445. The van der Waals surface area contributed by atoms with Crippen molar-refractivity contribution in [1.29, 1.82) is 0 Å². The third kappa shape index (κ3) is 2.64. The second-order valence-corrected chi connectivity index (χ2v) is 7.33. The summed E-state index contributed by atoms with van der Waals surface area (Å²) in [5.74, 6) is -0.520. The van der Waals surface area contributed by atoms with Crippen LogP contribution in [0.5, 0.6) is 0 Å². The van der Waals surface area contributed by atoms with Crippen LogP contribution in [0.15, 0.2) is 6.07 Å². The van der Waals surface area contributed by atoms with Crippen molar-refractivity contribution in [3.05, 3.63) is 25.5 Å². The average Bonchev–Trinajstić information content (AvgIpc) is 2.44. The summed E-state index contributed by atoms with van der Waals surface area (Å²) in [6, 6.07) is 1.23. The molecular weight excluding hydrogens is 404 g/mol. The fourth-order valence-corrected chi connectivity index (χ4v) is 2.72. The molecule has 7 heteroatoms. The van der Waals surface area contributed by atoms with E-state index in [1.54, 1.807) is 0 Å². The van der Waals surface area contributed by atoms with Crippen LogP contribution in [-0.4, -0.2) is 18.3 Å². The summed E-state index contributed by atoms with van der Waals surface area (Å²) in [6.07, 6.45) is 0. The van der Waals surface area contributed by atoms with Gasteiger partial charge in [-0.1, -0.05) is 23.2 Å². The molecule has 0 radical (unpaired) electrons. The molecule has 1 aliphatic rings. The van der Waals surface area contributed by atoms with E-state index >= 15 is 0 Å². The summed E-state index contributed by atoms with van der Waals surface area (Å²) in [5.41, 5.74) is -0.883. The molecule has 0 N–H and O–H groups in total. The van der Waals surface area contributed by atoms with Gasteiger partial charge in [-0.15, -0.1) is 0 Å². The van der Waals surface area contributed by atoms with E-state index in [0.717, 1.165) is 0 Å². The van der Waals surface area contributed by atoms with E-state index in [1.807, 2.05) is 50.3 Å². The second-order valence-electron chi connectivity index (χ2n) is 5.47. The Balaban J connectivity index is 2.49. The largest absolute Gasteiger partial charge is 0.499 e. The molecule has 104 valence electrons. The molecule has 0 bridgehead atoms. The molecule has 2 rings (SSSR count). The molecule has 0 atom stereocenters. The SMILES string of the molecule is CC1(C)OB(c2c(F)cc(Cl)c(I)c2Cl)OC1(C)C. The number of benzene rings is 1. The maximum atomic E-state index is 14.1. The van der Waals surface area contributed by atoms with Crippen molar-refractivity contribution in [2.45, 2.75) is 38.9 Å². The molecule has 0 aromatic heterocycles. The Morgan fingerprint density at radius 3 is 2.11 bits per heavy atom. The van der Waals surface area contributed by atoms with Crippen molar-refractivity contribution < 1.29 is 13.7 Å². The molecular formula is C12H13BCl2FIO2. The van der Waals surface area contributed by atoms with E-state index in [1.165, 1.54) is 6.07 Å². The molecule has 1 aliphatic heterocycles. The van der Waals surface area contributed by atoms with Gasteiger partial charge in [0.05, 0.1) is 24.8 Å². The van der Waals surface area contributed by atoms with E-state index in [-0.39, 0.29) is 15.5 Å². The van der Waals surface area contributed by atoms with Gasteiger partial charge in [-0.25, -0.2) is 4.39 Å². The summed E-state index contributed by atoms with van der Waals surface area (Å²) in [4.78, 5) is 0. The molecule has 1 saturated heterocycles. The topological polar surface area (TPSA) is 18.5 Å². The monoisotopic (exact) mass is 416 g/mol. The Kier molecular flexibility index (Phi) is 4.18. The quantitative estimate of drug-likeness (QED) is 0.298. The third-order valence-corrected chi connectivity index (χ3v) is 6.09. The highest BCUT2D eigenvalue weighted by atomic mass is 127. The lowest BCUT2D eigenvalue weighted by atomic mass is 9.78. The van der Waals surface area contributed by atoms with Gasteiger partial charge in [0, 0.05) is 5.46 Å². The molecule has 19 heavy (non-hydrogen) atoms. The molecule has 0 spiro atoms. The fourth-order valence-electron chi connectivity index (χ4n) is 1.76. The minimum atomic E-state index is -0.830. The van der Waals surface area contributed by atoms with Crippen molar-refractivity contribution >= 4 is 58.4 Å². The van der Waals surface area contributed by atoms with E-state index < -0.39 is 24.1 Å². The van der Waals surface area contributed by atoms with Gasteiger partial charge in [0.1, 0.15) is 5.82 Å². The van der Waals surface area contributed by atoms with Gasteiger partial charge in [0.25, 0.3) is 0 Å². The molecule has 0 amide bonds. The summed E-state index contributed by atoms with van der Waals surface area (Å²) < 4.78 is 26.3. The molecule has 1 heterocycles. The van der Waals surface area contributed by atoms with Gasteiger partial charge >= 0.3 is 7.12 Å². The number of hydrogen-bond acceptors (Lipinski definition) is 2. The maximum absolute atomic E-state index is 14.1. The third-order valence-electron chi connectivity index (χ3n) is 3.64. The second kappa shape index (κ2) is 5.02. The van der Waals surface area contributed by atoms with E-state index in [0.29, 0.717) is 3.57 Å². The lowest BCUT2D eigenvalue weighted by Crippen LogP contribution is -2.41. The van der Waals surface area contributed by atoms with Crippen molar-refractivity contribution in [3.8, 4) is 0 Å². The van der Waals surface area contributed by atoms with Gasteiger partial charge < -0.3 is 9.31 Å². The Morgan fingerprint density at radius 1 is 1.16 bits per heavy atom. The highest BCUT2D eigenvalue weighted by molar-refractivity contribution is 14.1. The maximum Gasteiger partial charge on any atom is 0.499 e. The highest BCUT2D eigenvalue weighted by Crippen LogP contribution is 2.38. The molecule has 1 aromatic rings. The zero-order valence-corrected chi connectivity index (χ0v) is 14.7. The molecule has 0 saturated carbocycles. The van der Waals surface area contributed by atoms with Gasteiger partial charge in [-0.2, -0.15) is 0 Å². The van der Waals surface area contributed by atoms with Crippen LogP contribution in [0, 0.1) is 9.39 Å². The highest BCUT2D eigenvalue weighted by Gasteiger charge is 2.53. The van der Waals surface area contributed by atoms with Crippen LogP contribution in [0.1, 0.15) is 27.7 Å². The average molecular weight is 417 g/mol. The van der Waals surface area contributed by atoms with E-state index in [4.69, 9.17) is 32.5 Å². The normalized spacial score (nSPS) is 20.9. The van der Waals surface area contributed by atoms with Crippen LogP contribution in [-0.2, 0) is 9.31 Å². The van der Waals surface area contributed by atoms with Crippen molar-refractivity contribution in [2.75, 3.05) is 0 Å². The first kappa shape index (κ1) is 15.8. The van der Waals surface area contributed by atoms with Crippen LogP contribution in [0.4, 0.5) is 4.39 Å². The summed E-state index contributed by atoms with van der Waals surface area (Å²) in [6.45, 7) is 7.61. The number of rotatable bonds is 1. The Bertz CT molecular complexity index is 521. The first-order valence-corrected chi connectivity index (χ1v) is 7.59. The molecule has 1 aromatic carbocycles. The zero-order valence-electron chi connectivity index (χ0n) is 11.0. The number of hydrogen-bond donors (Lipinski definition) is 0. The zero-order chi connectivity index (χ0) is 14.6. The molecule has 1 fully saturated rings. The first-order chi connectivity index (χ1) is 8.57. The fraction of sp³-hybridized carbons (Fsp3) is 0.500. The molecule has 0 aliphatic carbocycles.